The summed E-state index contributed by atoms with van der Waals surface area (Å²) in [5, 5.41) is 11.1. The van der Waals surface area contributed by atoms with Crippen molar-refractivity contribution < 1.29 is 4.79 Å². The van der Waals surface area contributed by atoms with Crippen molar-refractivity contribution in [2.24, 2.45) is 0 Å². The molecule has 0 saturated carbocycles. The smallest absolute Gasteiger partial charge is 0.270 e. The summed E-state index contributed by atoms with van der Waals surface area (Å²) in [6, 6.07) is 8.36. The average molecular weight is 286 g/mol. The van der Waals surface area contributed by atoms with E-state index in [1.54, 1.807) is 24.3 Å². The summed E-state index contributed by atoms with van der Waals surface area (Å²) in [6.07, 6.45) is 4.40. The minimum atomic E-state index is -0.318. The second-order valence-corrected chi connectivity index (χ2v) is 6.15. The Bertz CT molecular complexity index is 557. The van der Waals surface area contributed by atoms with Gasteiger partial charge in [0.2, 0.25) is 0 Å². The molecule has 0 spiro atoms. The Morgan fingerprint density at radius 1 is 1.29 bits per heavy atom. The standard InChI is InChI=1S/C16H22N4O/c1-20-11-6-7-12(20)9-10(8-11)19-16(21)15(18)13-4-2-3-5-14(13)17/h2-5,10-12,18H,6-9,17H2,1H3,(H,19,21). The number of amides is 1. The SMILES string of the molecule is CN1C2CCC1CC(NC(=O)C(=N)c1ccccc1N)C2. The fraction of sp³-hybridized carbons (Fsp3) is 0.500. The van der Waals surface area contributed by atoms with Gasteiger partial charge in [0.25, 0.3) is 5.91 Å². The van der Waals surface area contributed by atoms with Crippen molar-refractivity contribution in [2.45, 2.75) is 43.8 Å². The van der Waals surface area contributed by atoms with Crippen LogP contribution in [0.4, 0.5) is 5.69 Å². The van der Waals surface area contributed by atoms with E-state index in [0.29, 0.717) is 23.3 Å². The maximum Gasteiger partial charge on any atom is 0.270 e. The van der Waals surface area contributed by atoms with Gasteiger partial charge in [0.1, 0.15) is 5.71 Å². The van der Waals surface area contributed by atoms with Gasteiger partial charge in [0.05, 0.1) is 0 Å². The number of benzene rings is 1. The molecule has 0 aliphatic carbocycles. The molecule has 0 aromatic heterocycles. The third-order valence-electron chi connectivity index (χ3n) is 4.89. The van der Waals surface area contributed by atoms with Crippen molar-refractivity contribution in [3.63, 3.8) is 0 Å². The van der Waals surface area contributed by atoms with Crippen LogP contribution in [-0.4, -0.2) is 41.7 Å². The molecule has 2 unspecified atom stereocenters. The summed E-state index contributed by atoms with van der Waals surface area (Å²) in [6.45, 7) is 0. The number of fused-ring (bicyclic) bond motifs is 2. The summed E-state index contributed by atoms with van der Waals surface area (Å²) < 4.78 is 0. The van der Waals surface area contributed by atoms with Crippen LogP contribution in [0.2, 0.25) is 0 Å². The van der Waals surface area contributed by atoms with Gasteiger partial charge in [-0.05, 0) is 38.8 Å². The van der Waals surface area contributed by atoms with Crippen LogP contribution >= 0.6 is 0 Å². The lowest BCUT2D eigenvalue weighted by Gasteiger charge is -2.36. The Morgan fingerprint density at radius 3 is 2.52 bits per heavy atom. The van der Waals surface area contributed by atoms with Crippen molar-refractivity contribution in [1.82, 2.24) is 10.2 Å². The molecular formula is C16H22N4O. The topological polar surface area (TPSA) is 82.2 Å². The summed E-state index contributed by atoms with van der Waals surface area (Å²) in [5.41, 5.74) is 6.77. The molecule has 3 rings (SSSR count). The maximum absolute atomic E-state index is 12.3. The molecule has 2 aliphatic rings. The van der Waals surface area contributed by atoms with Gasteiger partial charge >= 0.3 is 0 Å². The molecule has 2 atom stereocenters. The van der Waals surface area contributed by atoms with Crippen molar-refractivity contribution in [3.8, 4) is 0 Å². The Balaban J connectivity index is 1.65. The number of anilines is 1. The Labute approximate surface area is 125 Å². The summed E-state index contributed by atoms with van der Waals surface area (Å²) in [4.78, 5) is 14.7. The van der Waals surface area contributed by atoms with E-state index in [0.717, 1.165) is 12.8 Å². The predicted octanol–water partition coefficient (Wildman–Crippen LogP) is 1.38. The van der Waals surface area contributed by atoms with Crippen LogP contribution in [0.25, 0.3) is 0 Å². The zero-order chi connectivity index (χ0) is 15.0. The number of piperidine rings is 1. The van der Waals surface area contributed by atoms with E-state index in [-0.39, 0.29) is 17.7 Å². The van der Waals surface area contributed by atoms with Gasteiger partial charge in [0.15, 0.2) is 0 Å². The Kier molecular flexibility index (Phi) is 3.68. The minimum absolute atomic E-state index is 0.0422. The zero-order valence-corrected chi connectivity index (χ0v) is 12.3. The molecule has 21 heavy (non-hydrogen) atoms. The second kappa shape index (κ2) is 5.48. The van der Waals surface area contributed by atoms with Crippen LogP contribution < -0.4 is 11.1 Å². The molecule has 1 aromatic rings. The Morgan fingerprint density at radius 2 is 1.90 bits per heavy atom. The summed E-state index contributed by atoms with van der Waals surface area (Å²) >= 11 is 0. The fourth-order valence-corrected chi connectivity index (χ4v) is 3.63. The van der Waals surface area contributed by atoms with Crippen LogP contribution in [0.1, 0.15) is 31.2 Å². The highest BCUT2D eigenvalue weighted by molar-refractivity contribution is 6.45. The molecule has 112 valence electrons. The molecule has 2 aliphatic heterocycles. The maximum atomic E-state index is 12.3. The molecule has 2 heterocycles. The summed E-state index contributed by atoms with van der Waals surface area (Å²) in [7, 11) is 2.17. The highest BCUT2D eigenvalue weighted by Gasteiger charge is 2.39. The monoisotopic (exact) mass is 286 g/mol. The van der Waals surface area contributed by atoms with Crippen LogP contribution in [0.3, 0.4) is 0 Å². The highest BCUT2D eigenvalue weighted by atomic mass is 16.1. The first kappa shape index (κ1) is 14.1. The number of nitrogens with one attached hydrogen (secondary N) is 2. The number of nitrogen functional groups attached to an aromatic ring is 1. The van der Waals surface area contributed by atoms with E-state index >= 15 is 0 Å². The largest absolute Gasteiger partial charge is 0.398 e. The number of hydrogen-bond acceptors (Lipinski definition) is 4. The number of hydrogen-bond donors (Lipinski definition) is 3. The van der Waals surface area contributed by atoms with Crippen molar-refractivity contribution in [1.29, 1.82) is 5.41 Å². The lowest BCUT2D eigenvalue weighted by atomic mass is 9.97. The zero-order valence-electron chi connectivity index (χ0n) is 12.3. The quantitative estimate of drug-likeness (QED) is 0.580. The number of rotatable bonds is 3. The van der Waals surface area contributed by atoms with Gasteiger partial charge in [0, 0.05) is 29.4 Å². The van der Waals surface area contributed by atoms with Crippen molar-refractivity contribution in [3.05, 3.63) is 29.8 Å². The molecule has 2 fully saturated rings. The minimum Gasteiger partial charge on any atom is -0.398 e. The molecule has 1 aromatic carbocycles. The normalized spacial score (nSPS) is 28.3. The Hall–Kier alpha value is -1.88. The highest BCUT2D eigenvalue weighted by Crippen LogP contribution is 2.34. The van der Waals surface area contributed by atoms with Gasteiger partial charge in [-0.1, -0.05) is 18.2 Å². The molecule has 5 nitrogen and oxygen atoms in total. The van der Waals surface area contributed by atoms with Gasteiger partial charge in [-0.2, -0.15) is 0 Å². The van der Waals surface area contributed by atoms with Crippen LogP contribution in [-0.2, 0) is 4.79 Å². The predicted molar refractivity (Wildman–Crippen MR) is 83.4 cm³/mol. The molecule has 1 amide bonds. The average Bonchev–Trinajstić information content (AvgIpc) is 2.69. The number of para-hydroxylation sites is 1. The molecule has 5 heteroatoms. The summed E-state index contributed by atoms with van der Waals surface area (Å²) in [5.74, 6) is -0.318. The van der Waals surface area contributed by atoms with Crippen LogP contribution in [0.5, 0.6) is 0 Å². The van der Waals surface area contributed by atoms with E-state index in [1.165, 1.54) is 12.8 Å². The van der Waals surface area contributed by atoms with E-state index in [1.807, 2.05) is 0 Å². The lowest BCUT2D eigenvalue weighted by Crippen LogP contribution is -2.50. The second-order valence-electron chi connectivity index (χ2n) is 6.15. The van der Waals surface area contributed by atoms with Gasteiger partial charge in [-0.15, -0.1) is 0 Å². The van der Waals surface area contributed by atoms with Crippen molar-refractivity contribution >= 4 is 17.3 Å². The van der Waals surface area contributed by atoms with Crippen LogP contribution in [0, 0.1) is 5.41 Å². The number of nitrogens with two attached hydrogens (primary N) is 1. The number of nitrogens with zero attached hydrogens (tertiary/aromatic N) is 1. The lowest BCUT2D eigenvalue weighted by molar-refractivity contribution is -0.115. The molecule has 2 bridgehead atoms. The number of carbonyl (C=O) groups excluding carboxylic acids is 1. The molecule has 2 saturated heterocycles. The molecule has 4 N–H and O–H groups in total. The first-order valence-electron chi connectivity index (χ1n) is 7.52. The van der Waals surface area contributed by atoms with Gasteiger partial charge in [-0.3, -0.25) is 10.2 Å². The first-order valence-corrected chi connectivity index (χ1v) is 7.52. The van der Waals surface area contributed by atoms with Crippen molar-refractivity contribution in [2.75, 3.05) is 12.8 Å². The molecule has 0 radical (unpaired) electrons. The first-order chi connectivity index (χ1) is 10.1. The fourth-order valence-electron chi connectivity index (χ4n) is 3.63. The third-order valence-corrected chi connectivity index (χ3v) is 4.89. The number of carbonyl (C=O) groups is 1. The third kappa shape index (κ3) is 2.65. The van der Waals surface area contributed by atoms with Gasteiger partial charge < -0.3 is 16.0 Å². The van der Waals surface area contributed by atoms with E-state index in [4.69, 9.17) is 11.1 Å². The van der Waals surface area contributed by atoms with E-state index in [9.17, 15) is 4.79 Å². The van der Waals surface area contributed by atoms with E-state index < -0.39 is 0 Å². The van der Waals surface area contributed by atoms with Crippen LogP contribution in [0.15, 0.2) is 24.3 Å². The van der Waals surface area contributed by atoms with Gasteiger partial charge in [-0.25, -0.2) is 0 Å². The molecular weight excluding hydrogens is 264 g/mol. The van der Waals surface area contributed by atoms with E-state index in [2.05, 4.69) is 17.3 Å².